The van der Waals surface area contributed by atoms with Gasteiger partial charge in [-0.25, -0.2) is 0 Å². The van der Waals surface area contributed by atoms with Gasteiger partial charge in [-0.05, 0) is 62.1 Å². The Morgan fingerprint density at radius 2 is 1.79 bits per heavy atom. The zero-order chi connectivity index (χ0) is 14.3. The van der Waals surface area contributed by atoms with Gasteiger partial charge in [0.2, 0.25) is 0 Å². The molecular weight excluding hydrogens is 254 g/mol. The maximum Gasteiger partial charge on any atom is 0.0438 e. The second kappa shape index (κ2) is 8.62. The van der Waals surface area contributed by atoms with E-state index in [2.05, 4.69) is 45.1 Å². The molecule has 1 aromatic rings. The van der Waals surface area contributed by atoms with Gasteiger partial charge in [-0.2, -0.15) is 11.8 Å². The van der Waals surface area contributed by atoms with E-state index in [0.29, 0.717) is 12.6 Å². The van der Waals surface area contributed by atoms with Gasteiger partial charge >= 0.3 is 0 Å². The van der Waals surface area contributed by atoms with Crippen LogP contribution in [0, 0.1) is 20.8 Å². The largest absolute Gasteiger partial charge is 0.396 e. The number of nitrogens with one attached hydrogen (secondary N) is 1. The summed E-state index contributed by atoms with van der Waals surface area (Å²) in [7, 11) is 0. The van der Waals surface area contributed by atoms with Gasteiger partial charge in [-0.15, -0.1) is 0 Å². The van der Waals surface area contributed by atoms with Crippen LogP contribution in [0.5, 0.6) is 0 Å². The fourth-order valence-electron chi connectivity index (χ4n) is 2.18. The van der Waals surface area contributed by atoms with Gasteiger partial charge in [0.25, 0.3) is 0 Å². The third-order valence-electron chi connectivity index (χ3n) is 3.49. The summed E-state index contributed by atoms with van der Waals surface area (Å²) in [6.45, 7) is 10.1. The van der Waals surface area contributed by atoms with E-state index in [0.717, 1.165) is 24.5 Å². The van der Waals surface area contributed by atoms with Crippen LogP contribution in [0.4, 0.5) is 0 Å². The summed E-state index contributed by atoms with van der Waals surface area (Å²) < 4.78 is 0. The molecule has 19 heavy (non-hydrogen) atoms. The third kappa shape index (κ3) is 5.55. The van der Waals surface area contributed by atoms with Gasteiger partial charge in [-0.3, -0.25) is 0 Å². The lowest BCUT2D eigenvalue weighted by Crippen LogP contribution is -2.22. The predicted octanol–water partition coefficient (Wildman–Crippen LogP) is 3.38. The van der Waals surface area contributed by atoms with E-state index >= 15 is 0 Å². The lowest BCUT2D eigenvalue weighted by Gasteiger charge is -2.18. The van der Waals surface area contributed by atoms with Crippen LogP contribution in [-0.2, 0) is 0 Å². The van der Waals surface area contributed by atoms with E-state index in [4.69, 9.17) is 5.11 Å². The van der Waals surface area contributed by atoms with Crippen molar-refractivity contribution in [1.29, 1.82) is 0 Å². The predicted molar refractivity (Wildman–Crippen MR) is 86.1 cm³/mol. The first-order chi connectivity index (χ1) is 9.06. The van der Waals surface area contributed by atoms with Crippen LogP contribution in [0.25, 0.3) is 0 Å². The fourth-order valence-corrected chi connectivity index (χ4v) is 2.98. The molecule has 3 heteroatoms. The number of benzene rings is 1. The Morgan fingerprint density at radius 3 is 2.47 bits per heavy atom. The second-order valence-corrected chi connectivity index (χ2v) is 6.38. The van der Waals surface area contributed by atoms with E-state index in [-0.39, 0.29) is 0 Å². The first-order valence-electron chi connectivity index (χ1n) is 7.06. The van der Waals surface area contributed by atoms with Crippen molar-refractivity contribution in [3.8, 4) is 0 Å². The zero-order valence-electron chi connectivity index (χ0n) is 12.6. The first-order valence-corrected chi connectivity index (χ1v) is 8.21. The van der Waals surface area contributed by atoms with Crippen molar-refractivity contribution in [3.05, 3.63) is 34.4 Å². The molecule has 0 amide bonds. The SMILES string of the molecule is Cc1cc(C)c(C(C)NCCSCCCO)cc1C. The van der Waals surface area contributed by atoms with E-state index in [1.165, 1.54) is 22.3 Å². The van der Waals surface area contributed by atoms with Crippen molar-refractivity contribution in [2.24, 2.45) is 0 Å². The molecule has 0 heterocycles. The van der Waals surface area contributed by atoms with Crippen LogP contribution in [-0.4, -0.2) is 29.8 Å². The van der Waals surface area contributed by atoms with Gasteiger partial charge < -0.3 is 10.4 Å². The number of hydrogen-bond acceptors (Lipinski definition) is 3. The average molecular weight is 281 g/mol. The Kier molecular flexibility index (Phi) is 7.51. The topological polar surface area (TPSA) is 32.3 Å². The highest BCUT2D eigenvalue weighted by Gasteiger charge is 2.09. The second-order valence-electron chi connectivity index (χ2n) is 5.16. The number of aliphatic hydroxyl groups excluding tert-OH is 1. The van der Waals surface area contributed by atoms with E-state index in [1.54, 1.807) is 0 Å². The molecule has 2 N–H and O–H groups in total. The van der Waals surface area contributed by atoms with Crippen LogP contribution in [0.3, 0.4) is 0 Å². The van der Waals surface area contributed by atoms with Gasteiger partial charge in [-0.1, -0.05) is 12.1 Å². The van der Waals surface area contributed by atoms with Crippen molar-refractivity contribution in [2.75, 3.05) is 24.7 Å². The van der Waals surface area contributed by atoms with Crippen molar-refractivity contribution < 1.29 is 5.11 Å². The van der Waals surface area contributed by atoms with Crippen LogP contribution >= 0.6 is 11.8 Å². The Bertz CT molecular complexity index is 393. The number of aliphatic hydroxyl groups is 1. The molecule has 2 nitrogen and oxygen atoms in total. The van der Waals surface area contributed by atoms with Crippen LogP contribution in [0.15, 0.2) is 12.1 Å². The van der Waals surface area contributed by atoms with Gasteiger partial charge in [0.05, 0.1) is 0 Å². The summed E-state index contributed by atoms with van der Waals surface area (Å²) in [4.78, 5) is 0. The summed E-state index contributed by atoms with van der Waals surface area (Å²) in [6.07, 6.45) is 0.899. The number of thioether (sulfide) groups is 1. The maximum absolute atomic E-state index is 8.71. The smallest absolute Gasteiger partial charge is 0.0438 e. The minimum Gasteiger partial charge on any atom is -0.396 e. The molecule has 0 aliphatic carbocycles. The molecule has 0 aromatic heterocycles. The normalized spacial score (nSPS) is 12.7. The number of rotatable bonds is 8. The molecule has 1 aromatic carbocycles. The highest BCUT2D eigenvalue weighted by molar-refractivity contribution is 7.99. The Morgan fingerprint density at radius 1 is 1.11 bits per heavy atom. The summed E-state index contributed by atoms with van der Waals surface area (Å²) in [5.41, 5.74) is 5.51. The average Bonchev–Trinajstić information content (AvgIpc) is 2.37. The Balaban J connectivity index is 2.41. The first kappa shape index (κ1) is 16.5. The Hall–Kier alpha value is -0.510. The highest BCUT2D eigenvalue weighted by Crippen LogP contribution is 2.21. The lowest BCUT2D eigenvalue weighted by atomic mass is 9.96. The van der Waals surface area contributed by atoms with Crippen molar-refractivity contribution in [3.63, 3.8) is 0 Å². The zero-order valence-corrected chi connectivity index (χ0v) is 13.4. The summed E-state index contributed by atoms with van der Waals surface area (Å²) >= 11 is 1.90. The standard InChI is InChI=1S/C16H27NOS/c1-12-10-14(3)16(11-13(12)2)15(4)17-6-9-19-8-5-7-18/h10-11,15,17-18H,5-9H2,1-4H3. The van der Waals surface area contributed by atoms with Gasteiger partial charge in [0.15, 0.2) is 0 Å². The summed E-state index contributed by atoms with van der Waals surface area (Å²) in [6, 6.07) is 4.98. The van der Waals surface area contributed by atoms with Crippen LogP contribution in [0.2, 0.25) is 0 Å². The fraction of sp³-hybridized carbons (Fsp3) is 0.625. The lowest BCUT2D eigenvalue weighted by molar-refractivity contribution is 0.296. The van der Waals surface area contributed by atoms with Crippen molar-refractivity contribution >= 4 is 11.8 Å². The van der Waals surface area contributed by atoms with Gasteiger partial charge in [0, 0.05) is 24.9 Å². The van der Waals surface area contributed by atoms with E-state index in [9.17, 15) is 0 Å². The van der Waals surface area contributed by atoms with E-state index < -0.39 is 0 Å². The minimum absolute atomic E-state index is 0.304. The molecular formula is C16H27NOS. The number of hydrogen-bond donors (Lipinski definition) is 2. The quantitative estimate of drug-likeness (QED) is 0.717. The molecule has 0 aliphatic heterocycles. The minimum atomic E-state index is 0.304. The summed E-state index contributed by atoms with van der Waals surface area (Å²) in [5.74, 6) is 2.16. The summed E-state index contributed by atoms with van der Waals surface area (Å²) in [5, 5.41) is 12.3. The maximum atomic E-state index is 8.71. The van der Waals surface area contributed by atoms with Crippen LogP contribution < -0.4 is 5.32 Å². The highest BCUT2D eigenvalue weighted by atomic mass is 32.2. The Labute approximate surface area is 122 Å². The van der Waals surface area contributed by atoms with Crippen molar-refractivity contribution in [1.82, 2.24) is 5.32 Å². The molecule has 0 spiro atoms. The molecule has 1 atom stereocenters. The molecule has 1 unspecified atom stereocenters. The van der Waals surface area contributed by atoms with Gasteiger partial charge in [0.1, 0.15) is 0 Å². The molecule has 0 fully saturated rings. The molecule has 108 valence electrons. The third-order valence-corrected chi connectivity index (χ3v) is 4.56. The molecule has 0 aliphatic rings. The van der Waals surface area contributed by atoms with Crippen LogP contribution in [0.1, 0.15) is 41.6 Å². The van der Waals surface area contributed by atoms with Crippen molar-refractivity contribution in [2.45, 2.75) is 40.2 Å². The number of aryl methyl sites for hydroxylation is 3. The molecule has 0 bridgehead atoms. The van der Waals surface area contributed by atoms with E-state index in [1.807, 2.05) is 11.8 Å². The molecule has 0 saturated heterocycles. The molecule has 0 saturated carbocycles. The monoisotopic (exact) mass is 281 g/mol. The molecule has 1 rings (SSSR count). The molecule has 0 radical (unpaired) electrons.